The molecule has 0 aliphatic carbocycles. The molecule has 3 unspecified atom stereocenters. The molecule has 0 bridgehead atoms. The molecule has 0 amide bonds. The molecule has 3 N–H and O–H groups in total. The molecule has 1 aromatic heterocycles. The quantitative estimate of drug-likeness (QED) is 0.446. The number of ether oxygens (including phenoxy) is 1. The molecule has 5 atom stereocenters. The van der Waals surface area contributed by atoms with Gasteiger partial charge in [-0.25, -0.2) is 17.9 Å². The lowest BCUT2D eigenvalue weighted by Gasteiger charge is -2.41. The molecule has 0 spiro atoms. The highest BCUT2D eigenvalue weighted by Crippen LogP contribution is 2.40. The van der Waals surface area contributed by atoms with Crippen LogP contribution in [0.5, 0.6) is 0 Å². The second-order valence-corrected chi connectivity index (χ2v) is 8.98. The van der Waals surface area contributed by atoms with E-state index in [2.05, 4.69) is 10.3 Å². The van der Waals surface area contributed by atoms with Crippen LogP contribution in [0.15, 0.2) is 41.4 Å². The highest BCUT2D eigenvalue weighted by atomic mass is 35.5. The van der Waals surface area contributed by atoms with Crippen molar-refractivity contribution in [3.05, 3.63) is 64.6 Å². The van der Waals surface area contributed by atoms with Gasteiger partial charge in [0.1, 0.15) is 41.6 Å². The highest BCUT2D eigenvalue weighted by molar-refractivity contribution is 7.99. The molecule has 3 aromatic rings. The van der Waals surface area contributed by atoms with Crippen LogP contribution in [0.3, 0.4) is 0 Å². The maximum atomic E-state index is 13.6. The minimum absolute atomic E-state index is 0.0462. The number of halogens is 4. The van der Waals surface area contributed by atoms with Crippen molar-refractivity contribution in [1.82, 2.24) is 15.0 Å². The van der Waals surface area contributed by atoms with Crippen molar-refractivity contribution in [1.29, 1.82) is 5.26 Å². The Hall–Kier alpha value is -2.66. The van der Waals surface area contributed by atoms with Gasteiger partial charge in [-0.2, -0.15) is 5.26 Å². The number of aliphatic hydroxyl groups is 3. The topological polar surface area (TPSA) is 124 Å². The van der Waals surface area contributed by atoms with Gasteiger partial charge in [-0.1, -0.05) is 28.6 Å². The average molecular weight is 513 g/mol. The summed E-state index contributed by atoms with van der Waals surface area (Å²) in [6, 6.07) is 6.84. The van der Waals surface area contributed by atoms with Crippen LogP contribution in [0.1, 0.15) is 11.6 Å². The van der Waals surface area contributed by atoms with E-state index in [1.165, 1.54) is 24.4 Å². The summed E-state index contributed by atoms with van der Waals surface area (Å²) in [4.78, 5) is 0.405. The van der Waals surface area contributed by atoms with Crippen molar-refractivity contribution in [3.63, 3.8) is 0 Å². The number of hydrogen-bond donors (Lipinski definition) is 3. The van der Waals surface area contributed by atoms with Crippen LogP contribution in [-0.4, -0.2) is 60.7 Å². The van der Waals surface area contributed by atoms with Gasteiger partial charge in [0.15, 0.2) is 17.5 Å². The van der Waals surface area contributed by atoms with Gasteiger partial charge in [0, 0.05) is 15.5 Å². The van der Waals surface area contributed by atoms with E-state index < -0.39 is 53.8 Å². The van der Waals surface area contributed by atoms with E-state index in [0.29, 0.717) is 9.92 Å². The SMILES string of the molecule is N#Cc1ccc(Cl)cc1S[C@H]1OC(CO)[C@H](O)C(n2cc(-c3cc(F)c(F)c(F)c3)nn2)C1O. The van der Waals surface area contributed by atoms with E-state index in [4.69, 9.17) is 16.3 Å². The second kappa shape index (κ2) is 9.91. The Labute approximate surface area is 200 Å². The smallest absolute Gasteiger partial charge is 0.194 e. The molecular weight excluding hydrogens is 497 g/mol. The number of thioether (sulfide) groups is 1. The van der Waals surface area contributed by atoms with Crippen LogP contribution in [0.2, 0.25) is 5.02 Å². The number of benzene rings is 2. The molecule has 2 aromatic carbocycles. The van der Waals surface area contributed by atoms with Crippen molar-refractivity contribution in [2.45, 2.75) is 34.7 Å². The van der Waals surface area contributed by atoms with E-state index in [9.17, 15) is 33.8 Å². The largest absolute Gasteiger partial charge is 0.394 e. The van der Waals surface area contributed by atoms with Crippen LogP contribution in [0, 0.1) is 28.8 Å². The van der Waals surface area contributed by atoms with Crippen molar-refractivity contribution < 1.29 is 33.2 Å². The Morgan fingerprint density at radius 2 is 1.85 bits per heavy atom. The van der Waals surface area contributed by atoms with Crippen molar-refractivity contribution >= 4 is 23.4 Å². The lowest BCUT2D eigenvalue weighted by atomic mass is 9.97. The molecule has 178 valence electrons. The average Bonchev–Trinajstić information content (AvgIpc) is 3.29. The van der Waals surface area contributed by atoms with Crippen molar-refractivity contribution in [2.24, 2.45) is 0 Å². The number of aliphatic hydroxyl groups excluding tert-OH is 3. The van der Waals surface area contributed by atoms with Gasteiger partial charge in [-0.3, -0.25) is 0 Å². The minimum atomic E-state index is -1.63. The Morgan fingerprint density at radius 3 is 2.50 bits per heavy atom. The Kier molecular flexibility index (Phi) is 7.13. The fraction of sp³-hybridized carbons (Fsp3) is 0.286. The number of nitrogens with zero attached hydrogens (tertiary/aromatic N) is 4. The van der Waals surface area contributed by atoms with Crippen LogP contribution in [-0.2, 0) is 4.74 Å². The normalized spacial score (nSPS) is 24.7. The molecule has 1 saturated heterocycles. The molecular formula is C21H16ClF3N4O4S. The number of hydrogen-bond acceptors (Lipinski definition) is 8. The van der Waals surface area contributed by atoms with E-state index in [1.54, 1.807) is 0 Å². The fourth-order valence-electron chi connectivity index (χ4n) is 3.55. The van der Waals surface area contributed by atoms with E-state index in [1.807, 2.05) is 6.07 Å². The summed E-state index contributed by atoms with van der Waals surface area (Å²) in [5, 5.41) is 48.8. The molecule has 1 aliphatic rings. The van der Waals surface area contributed by atoms with E-state index in [-0.39, 0.29) is 16.8 Å². The molecule has 0 saturated carbocycles. The lowest BCUT2D eigenvalue weighted by Crippen LogP contribution is -2.55. The standard InChI is InChI=1S/C21H16ClF3N4O4S/c22-11-2-1-9(6-26)16(5-11)34-21-20(32)18(19(31)15(8-30)33-21)29-7-14(27-28-29)10-3-12(23)17(25)13(24)4-10/h1-5,7,15,18-21,30-32H,8H2/t15?,18?,19-,20?,21+/m0/s1. The van der Waals surface area contributed by atoms with Crippen molar-refractivity contribution in [3.8, 4) is 17.3 Å². The zero-order valence-corrected chi connectivity index (χ0v) is 18.6. The summed E-state index contributed by atoms with van der Waals surface area (Å²) >= 11 is 6.98. The van der Waals surface area contributed by atoms with Gasteiger partial charge >= 0.3 is 0 Å². The van der Waals surface area contributed by atoms with Gasteiger partial charge in [-0.15, -0.1) is 5.10 Å². The van der Waals surface area contributed by atoms with Crippen LogP contribution in [0.25, 0.3) is 11.3 Å². The predicted octanol–water partition coefficient (Wildman–Crippen LogP) is 2.66. The summed E-state index contributed by atoms with van der Waals surface area (Å²) in [6.07, 6.45) is -2.79. The van der Waals surface area contributed by atoms with E-state index in [0.717, 1.165) is 28.6 Å². The lowest BCUT2D eigenvalue weighted by molar-refractivity contribution is -0.178. The minimum Gasteiger partial charge on any atom is -0.394 e. The predicted molar refractivity (Wildman–Crippen MR) is 114 cm³/mol. The van der Waals surface area contributed by atoms with Gasteiger partial charge in [0.2, 0.25) is 0 Å². The number of aromatic nitrogens is 3. The van der Waals surface area contributed by atoms with Gasteiger partial charge in [0.25, 0.3) is 0 Å². The summed E-state index contributed by atoms with van der Waals surface area (Å²) < 4.78 is 47.3. The Balaban J connectivity index is 1.66. The Bertz CT molecular complexity index is 1230. The summed E-state index contributed by atoms with van der Waals surface area (Å²) in [7, 11) is 0. The third-order valence-corrected chi connectivity index (χ3v) is 6.70. The van der Waals surface area contributed by atoms with Crippen LogP contribution in [0.4, 0.5) is 13.2 Å². The van der Waals surface area contributed by atoms with Crippen molar-refractivity contribution in [2.75, 3.05) is 6.61 Å². The first kappa shape index (κ1) is 24.5. The molecule has 8 nitrogen and oxygen atoms in total. The third kappa shape index (κ3) is 4.63. The highest BCUT2D eigenvalue weighted by Gasteiger charge is 2.46. The van der Waals surface area contributed by atoms with E-state index >= 15 is 0 Å². The molecule has 13 heteroatoms. The summed E-state index contributed by atoms with van der Waals surface area (Å²) in [6.45, 7) is -0.599. The molecule has 4 rings (SSSR count). The van der Waals surface area contributed by atoms with Gasteiger partial charge < -0.3 is 20.1 Å². The molecule has 2 heterocycles. The summed E-state index contributed by atoms with van der Waals surface area (Å²) in [5.41, 5.74) is -0.947. The zero-order valence-electron chi connectivity index (χ0n) is 17.0. The monoisotopic (exact) mass is 512 g/mol. The first-order chi connectivity index (χ1) is 16.2. The molecule has 1 aliphatic heterocycles. The maximum Gasteiger partial charge on any atom is 0.194 e. The number of rotatable bonds is 5. The zero-order chi connectivity index (χ0) is 24.6. The summed E-state index contributed by atoms with van der Waals surface area (Å²) in [5.74, 6) is -4.46. The van der Waals surface area contributed by atoms with Crippen LogP contribution >= 0.6 is 23.4 Å². The van der Waals surface area contributed by atoms with Gasteiger partial charge in [-0.05, 0) is 30.3 Å². The molecule has 34 heavy (non-hydrogen) atoms. The fourth-order valence-corrected chi connectivity index (χ4v) is 4.97. The van der Waals surface area contributed by atoms with Crippen LogP contribution < -0.4 is 0 Å². The Morgan fingerprint density at radius 1 is 1.15 bits per heavy atom. The number of nitriles is 1. The maximum absolute atomic E-state index is 13.6. The molecule has 1 fully saturated rings. The van der Waals surface area contributed by atoms with Gasteiger partial charge in [0.05, 0.1) is 18.4 Å². The third-order valence-electron chi connectivity index (χ3n) is 5.25. The molecule has 0 radical (unpaired) electrons. The first-order valence-electron chi connectivity index (χ1n) is 9.79. The second-order valence-electron chi connectivity index (χ2n) is 7.41. The first-order valence-corrected chi connectivity index (χ1v) is 11.0.